The second-order valence-electron chi connectivity index (χ2n) is 7.73. The molecule has 6 nitrogen and oxygen atoms in total. The minimum absolute atomic E-state index is 0.119. The molecule has 2 aliphatic heterocycles. The summed E-state index contributed by atoms with van der Waals surface area (Å²) in [7, 11) is 1.53. The molecular weight excluding hydrogens is 474 g/mol. The number of carbonyl (C=O) groups is 3. The molecule has 2 amide bonds. The molecule has 2 atom stereocenters. The zero-order chi connectivity index (χ0) is 22.5. The van der Waals surface area contributed by atoms with Crippen molar-refractivity contribution in [1.82, 2.24) is 0 Å². The van der Waals surface area contributed by atoms with Crippen LogP contribution in [0.2, 0.25) is 0 Å². The first kappa shape index (κ1) is 20.5. The number of benzene rings is 3. The molecule has 160 valence electrons. The SMILES string of the molecule is COc1ccc2c(c1)[C@@](c1ccccc1)([C@@H]1CC(=O)N(c3cccc(Br)c3)C1=O)C(=O)O2. The third-order valence-electron chi connectivity index (χ3n) is 6.10. The molecule has 3 aromatic rings. The van der Waals surface area contributed by atoms with E-state index in [0.29, 0.717) is 28.3 Å². The van der Waals surface area contributed by atoms with E-state index in [1.807, 2.05) is 12.1 Å². The second-order valence-corrected chi connectivity index (χ2v) is 8.65. The predicted octanol–water partition coefficient (Wildman–Crippen LogP) is 4.24. The van der Waals surface area contributed by atoms with Gasteiger partial charge < -0.3 is 9.47 Å². The Hall–Kier alpha value is -3.45. The number of anilines is 1. The maximum absolute atomic E-state index is 13.8. The van der Waals surface area contributed by atoms with Gasteiger partial charge in [0.1, 0.15) is 16.9 Å². The van der Waals surface area contributed by atoms with Crippen molar-refractivity contribution in [3.63, 3.8) is 0 Å². The van der Waals surface area contributed by atoms with Crippen molar-refractivity contribution in [3.05, 3.63) is 88.4 Å². The van der Waals surface area contributed by atoms with Crippen molar-refractivity contribution in [1.29, 1.82) is 0 Å². The van der Waals surface area contributed by atoms with Gasteiger partial charge in [-0.15, -0.1) is 0 Å². The number of rotatable bonds is 4. The van der Waals surface area contributed by atoms with Gasteiger partial charge in [0.2, 0.25) is 11.8 Å². The maximum atomic E-state index is 13.8. The van der Waals surface area contributed by atoms with Crippen LogP contribution in [0, 0.1) is 5.92 Å². The van der Waals surface area contributed by atoms with Gasteiger partial charge in [-0.1, -0.05) is 52.3 Å². The summed E-state index contributed by atoms with van der Waals surface area (Å²) in [6.45, 7) is 0. The molecule has 0 radical (unpaired) electrons. The van der Waals surface area contributed by atoms with Crippen molar-refractivity contribution in [2.24, 2.45) is 5.92 Å². The van der Waals surface area contributed by atoms with Crippen molar-refractivity contribution in [2.75, 3.05) is 12.0 Å². The highest BCUT2D eigenvalue weighted by atomic mass is 79.9. The first-order chi connectivity index (χ1) is 15.5. The Morgan fingerprint density at radius 3 is 2.50 bits per heavy atom. The third-order valence-corrected chi connectivity index (χ3v) is 6.59. The number of halogens is 1. The summed E-state index contributed by atoms with van der Waals surface area (Å²) >= 11 is 3.39. The Kier molecular flexibility index (Phi) is 4.86. The zero-order valence-electron chi connectivity index (χ0n) is 17.1. The van der Waals surface area contributed by atoms with Gasteiger partial charge in [0.05, 0.1) is 18.7 Å². The summed E-state index contributed by atoms with van der Waals surface area (Å²) in [5.74, 6) is -1.45. The fourth-order valence-electron chi connectivity index (χ4n) is 4.69. The van der Waals surface area contributed by atoms with Crippen LogP contribution >= 0.6 is 15.9 Å². The fraction of sp³-hybridized carbons (Fsp3) is 0.160. The van der Waals surface area contributed by atoms with E-state index in [0.717, 1.165) is 9.37 Å². The molecule has 0 bridgehead atoms. The summed E-state index contributed by atoms with van der Waals surface area (Å²) in [6.07, 6.45) is -0.119. The van der Waals surface area contributed by atoms with Crippen LogP contribution in [-0.2, 0) is 19.8 Å². The van der Waals surface area contributed by atoms with Crippen molar-refractivity contribution >= 4 is 39.4 Å². The van der Waals surface area contributed by atoms with Gasteiger partial charge in [-0.25, -0.2) is 0 Å². The molecule has 2 heterocycles. The van der Waals surface area contributed by atoms with Crippen molar-refractivity contribution in [2.45, 2.75) is 11.8 Å². The quantitative estimate of drug-likeness (QED) is 0.310. The number of carbonyl (C=O) groups excluding carboxylic acids is 3. The highest BCUT2D eigenvalue weighted by Gasteiger charge is 2.62. The number of amides is 2. The lowest BCUT2D eigenvalue weighted by atomic mass is 9.65. The van der Waals surface area contributed by atoms with Crippen LogP contribution in [0.3, 0.4) is 0 Å². The minimum atomic E-state index is -1.46. The van der Waals surface area contributed by atoms with E-state index in [4.69, 9.17) is 9.47 Å². The molecule has 0 saturated carbocycles. The molecule has 5 rings (SSSR count). The summed E-state index contributed by atoms with van der Waals surface area (Å²) in [5.41, 5.74) is 0.116. The monoisotopic (exact) mass is 491 g/mol. The van der Waals surface area contributed by atoms with Gasteiger partial charge in [0.15, 0.2) is 0 Å². The molecule has 0 aromatic heterocycles. The molecular formula is C25H18BrNO5. The Balaban J connectivity index is 1.72. The Bertz CT molecular complexity index is 1260. The van der Waals surface area contributed by atoms with E-state index in [-0.39, 0.29) is 12.3 Å². The van der Waals surface area contributed by atoms with Gasteiger partial charge in [-0.2, -0.15) is 0 Å². The minimum Gasteiger partial charge on any atom is -0.497 e. The smallest absolute Gasteiger partial charge is 0.327 e. The summed E-state index contributed by atoms with van der Waals surface area (Å²) in [6, 6.07) is 21.0. The maximum Gasteiger partial charge on any atom is 0.327 e. The summed E-state index contributed by atoms with van der Waals surface area (Å²) in [4.78, 5) is 41.5. The highest BCUT2D eigenvalue weighted by molar-refractivity contribution is 9.10. The number of hydrogen-bond donors (Lipinski definition) is 0. The number of fused-ring (bicyclic) bond motifs is 1. The number of ether oxygens (including phenoxy) is 2. The van der Waals surface area contributed by atoms with Crippen LogP contribution in [-0.4, -0.2) is 24.9 Å². The average Bonchev–Trinajstić information content (AvgIpc) is 3.26. The summed E-state index contributed by atoms with van der Waals surface area (Å²) in [5, 5.41) is 0. The lowest BCUT2D eigenvalue weighted by molar-refractivity contribution is -0.141. The molecule has 0 N–H and O–H groups in total. The van der Waals surface area contributed by atoms with Crippen LogP contribution in [0.4, 0.5) is 5.69 Å². The molecule has 32 heavy (non-hydrogen) atoms. The second kappa shape index (κ2) is 7.60. The van der Waals surface area contributed by atoms with Gasteiger partial charge in [0.25, 0.3) is 0 Å². The molecule has 7 heteroatoms. The average molecular weight is 492 g/mol. The Labute approximate surface area is 192 Å². The van der Waals surface area contributed by atoms with E-state index in [1.165, 1.54) is 7.11 Å². The predicted molar refractivity (Wildman–Crippen MR) is 121 cm³/mol. The van der Waals surface area contributed by atoms with Gasteiger partial charge >= 0.3 is 5.97 Å². The number of esters is 1. The zero-order valence-corrected chi connectivity index (χ0v) is 18.7. The van der Waals surface area contributed by atoms with E-state index in [9.17, 15) is 14.4 Å². The van der Waals surface area contributed by atoms with Crippen molar-refractivity contribution in [3.8, 4) is 11.5 Å². The first-order valence-electron chi connectivity index (χ1n) is 10.1. The van der Waals surface area contributed by atoms with E-state index >= 15 is 0 Å². The van der Waals surface area contributed by atoms with E-state index < -0.39 is 23.2 Å². The van der Waals surface area contributed by atoms with Crippen LogP contribution in [0.25, 0.3) is 0 Å². The van der Waals surface area contributed by atoms with Crippen LogP contribution < -0.4 is 14.4 Å². The van der Waals surface area contributed by atoms with Crippen LogP contribution in [0.1, 0.15) is 17.5 Å². The Morgan fingerprint density at radius 1 is 1.00 bits per heavy atom. The first-order valence-corrected chi connectivity index (χ1v) is 10.8. The van der Waals surface area contributed by atoms with Gasteiger partial charge in [-0.05, 0) is 42.0 Å². The summed E-state index contributed by atoms with van der Waals surface area (Å²) < 4.78 is 11.8. The Morgan fingerprint density at radius 2 is 1.78 bits per heavy atom. The fourth-order valence-corrected chi connectivity index (χ4v) is 5.07. The lowest BCUT2D eigenvalue weighted by Gasteiger charge is -2.31. The standard InChI is InChI=1S/C25H18BrNO5/c1-31-18-10-11-21-19(13-18)25(24(30)32-21,15-6-3-2-4-7-15)20-14-22(28)27(23(20)29)17-9-5-8-16(26)12-17/h2-13,20H,14H2,1H3/t20-,25+/m1/s1. The number of imide groups is 1. The van der Waals surface area contributed by atoms with Gasteiger partial charge in [-0.3, -0.25) is 19.3 Å². The number of hydrogen-bond acceptors (Lipinski definition) is 5. The molecule has 0 spiro atoms. The molecule has 3 aromatic carbocycles. The third kappa shape index (κ3) is 2.88. The number of nitrogens with zero attached hydrogens (tertiary/aromatic N) is 1. The molecule has 1 saturated heterocycles. The van der Waals surface area contributed by atoms with E-state index in [1.54, 1.807) is 60.7 Å². The van der Waals surface area contributed by atoms with Gasteiger partial charge in [0, 0.05) is 16.5 Å². The normalized spacial score (nSPS) is 22.1. The largest absolute Gasteiger partial charge is 0.497 e. The van der Waals surface area contributed by atoms with Crippen LogP contribution in [0.15, 0.2) is 77.3 Å². The lowest BCUT2D eigenvalue weighted by Crippen LogP contribution is -2.46. The topological polar surface area (TPSA) is 72.9 Å². The molecule has 1 fully saturated rings. The molecule has 0 unspecified atom stereocenters. The highest BCUT2D eigenvalue weighted by Crippen LogP contribution is 2.53. The molecule has 2 aliphatic rings. The van der Waals surface area contributed by atoms with E-state index in [2.05, 4.69) is 15.9 Å². The van der Waals surface area contributed by atoms with Crippen molar-refractivity contribution < 1.29 is 23.9 Å². The van der Waals surface area contributed by atoms with Crippen LogP contribution in [0.5, 0.6) is 11.5 Å². The number of methoxy groups -OCH3 is 1. The molecule has 0 aliphatic carbocycles.